The van der Waals surface area contributed by atoms with Crippen LogP contribution < -0.4 is 15.5 Å². The fourth-order valence-electron chi connectivity index (χ4n) is 4.89. The van der Waals surface area contributed by atoms with Gasteiger partial charge in [-0.25, -0.2) is 4.90 Å². The molecule has 1 saturated carbocycles. The quantitative estimate of drug-likeness (QED) is 0.468. The van der Waals surface area contributed by atoms with Crippen LogP contribution in [0.15, 0.2) is 18.2 Å². The first-order valence-corrected chi connectivity index (χ1v) is 10.1. The average Bonchev–Trinajstić information content (AvgIpc) is 2.98. The van der Waals surface area contributed by atoms with E-state index in [0.717, 1.165) is 17.7 Å². The molecule has 0 bridgehead atoms. The van der Waals surface area contributed by atoms with Gasteiger partial charge in [-0.15, -0.1) is 0 Å². The van der Waals surface area contributed by atoms with Gasteiger partial charge in [0.05, 0.1) is 22.4 Å². The molecule has 0 spiro atoms. The van der Waals surface area contributed by atoms with Gasteiger partial charge in [-0.3, -0.25) is 24.5 Å². The fraction of sp³-hybridized carbons (Fsp3) is 0.550. The number of hydrogen-bond donors (Lipinski definition) is 1. The number of imide groups is 1. The molecule has 3 aliphatic rings. The van der Waals surface area contributed by atoms with Crippen LogP contribution in [0.5, 0.6) is 0 Å². The third-order valence-electron chi connectivity index (χ3n) is 6.49. The molecule has 2 saturated heterocycles. The molecule has 3 amide bonds. The van der Waals surface area contributed by atoms with E-state index >= 15 is 0 Å². The molecule has 1 aromatic rings. The zero-order valence-corrected chi connectivity index (χ0v) is 16.1. The molecule has 3 fully saturated rings. The van der Waals surface area contributed by atoms with Gasteiger partial charge in [0.1, 0.15) is 5.69 Å². The van der Waals surface area contributed by atoms with Crippen molar-refractivity contribution in [3.63, 3.8) is 0 Å². The van der Waals surface area contributed by atoms with Crippen molar-refractivity contribution in [2.24, 2.45) is 23.5 Å². The Morgan fingerprint density at radius 2 is 1.62 bits per heavy atom. The van der Waals surface area contributed by atoms with Gasteiger partial charge in [0, 0.05) is 25.1 Å². The number of hydrogen-bond acceptors (Lipinski definition) is 6. The van der Waals surface area contributed by atoms with Crippen molar-refractivity contribution in [3.05, 3.63) is 28.3 Å². The summed E-state index contributed by atoms with van der Waals surface area (Å²) < 4.78 is 0. The van der Waals surface area contributed by atoms with Gasteiger partial charge in [0.2, 0.25) is 17.7 Å². The summed E-state index contributed by atoms with van der Waals surface area (Å²) in [5.74, 6) is -1.66. The molecular formula is C20H24N4O5. The molecule has 1 aromatic carbocycles. The highest BCUT2D eigenvalue weighted by Crippen LogP contribution is 2.42. The fourth-order valence-corrected chi connectivity index (χ4v) is 4.89. The summed E-state index contributed by atoms with van der Waals surface area (Å²) in [4.78, 5) is 51.2. The predicted octanol–water partition coefficient (Wildman–Crippen LogP) is 1.98. The molecule has 2 N–H and O–H groups in total. The van der Waals surface area contributed by atoms with E-state index in [1.165, 1.54) is 6.07 Å². The minimum absolute atomic E-state index is 0.143. The highest BCUT2D eigenvalue weighted by atomic mass is 16.6. The van der Waals surface area contributed by atoms with Gasteiger partial charge < -0.3 is 10.6 Å². The number of nitro groups is 1. The number of nitrogens with zero attached hydrogens (tertiary/aromatic N) is 3. The summed E-state index contributed by atoms with van der Waals surface area (Å²) in [7, 11) is 0. The van der Waals surface area contributed by atoms with Gasteiger partial charge in [-0.2, -0.15) is 0 Å². The first-order valence-electron chi connectivity index (χ1n) is 10.1. The maximum absolute atomic E-state index is 12.8. The van der Waals surface area contributed by atoms with E-state index in [-0.39, 0.29) is 46.9 Å². The maximum Gasteiger partial charge on any atom is 0.294 e. The normalized spacial score (nSPS) is 25.2. The Kier molecular flexibility index (Phi) is 4.97. The molecule has 2 heterocycles. The Balaban J connectivity index is 1.62. The Bertz CT molecular complexity index is 854. The second kappa shape index (κ2) is 7.46. The van der Waals surface area contributed by atoms with E-state index in [9.17, 15) is 24.5 Å². The minimum atomic E-state index is -0.489. The molecule has 2 aliphatic heterocycles. The zero-order chi connectivity index (χ0) is 20.7. The Morgan fingerprint density at radius 1 is 1.03 bits per heavy atom. The van der Waals surface area contributed by atoms with Crippen LogP contribution in [0.25, 0.3) is 0 Å². The second-order valence-electron chi connectivity index (χ2n) is 8.10. The van der Waals surface area contributed by atoms with Crippen molar-refractivity contribution in [3.8, 4) is 0 Å². The third kappa shape index (κ3) is 3.34. The lowest BCUT2D eigenvalue weighted by Crippen LogP contribution is -2.38. The lowest BCUT2D eigenvalue weighted by Gasteiger charge is -2.32. The Morgan fingerprint density at radius 3 is 2.14 bits per heavy atom. The number of fused-ring (bicyclic) bond motifs is 1. The highest BCUT2D eigenvalue weighted by molar-refractivity contribution is 6.22. The number of primary amides is 1. The third-order valence-corrected chi connectivity index (χ3v) is 6.49. The highest BCUT2D eigenvalue weighted by Gasteiger charge is 2.49. The SMILES string of the molecule is NC(=O)C1CCN(c2ccc(N3C(=O)[C@H]4CCCC[C@H]4C3=O)cc2[N+](=O)[O-])CC1. The van der Waals surface area contributed by atoms with Crippen LogP contribution in [0.4, 0.5) is 17.1 Å². The van der Waals surface area contributed by atoms with E-state index in [1.807, 2.05) is 4.90 Å². The number of nitro benzene ring substituents is 1. The number of nitrogens with two attached hydrogens (primary N) is 1. The molecule has 9 nitrogen and oxygen atoms in total. The van der Waals surface area contributed by atoms with Crippen molar-refractivity contribution in [2.45, 2.75) is 38.5 Å². The average molecular weight is 400 g/mol. The molecular weight excluding hydrogens is 376 g/mol. The van der Waals surface area contributed by atoms with Crippen molar-refractivity contribution in [1.82, 2.24) is 0 Å². The Labute approximate surface area is 168 Å². The summed E-state index contributed by atoms with van der Waals surface area (Å²) in [6, 6.07) is 4.53. The first-order chi connectivity index (χ1) is 13.9. The van der Waals surface area contributed by atoms with Crippen molar-refractivity contribution < 1.29 is 19.3 Å². The van der Waals surface area contributed by atoms with Gasteiger partial charge in [0.25, 0.3) is 5.69 Å². The van der Waals surface area contributed by atoms with Gasteiger partial charge in [-0.1, -0.05) is 12.8 Å². The van der Waals surface area contributed by atoms with E-state index in [0.29, 0.717) is 44.5 Å². The number of piperidine rings is 1. The number of rotatable bonds is 4. The van der Waals surface area contributed by atoms with E-state index in [1.54, 1.807) is 12.1 Å². The summed E-state index contributed by atoms with van der Waals surface area (Å²) in [6.45, 7) is 0.971. The van der Waals surface area contributed by atoms with Crippen molar-refractivity contribution in [2.75, 3.05) is 22.9 Å². The Hall–Kier alpha value is -2.97. The summed E-state index contributed by atoms with van der Waals surface area (Å²) >= 11 is 0. The minimum Gasteiger partial charge on any atom is -0.369 e. The van der Waals surface area contributed by atoms with E-state index in [2.05, 4.69) is 0 Å². The van der Waals surface area contributed by atoms with Crippen LogP contribution in [-0.2, 0) is 14.4 Å². The molecule has 9 heteroatoms. The van der Waals surface area contributed by atoms with Crippen LogP contribution in [0, 0.1) is 27.9 Å². The standard InChI is InChI=1S/C20H24N4O5/c21-18(25)12-7-9-22(10-8-12)16-6-5-13(11-17(16)24(28)29)23-19(26)14-3-1-2-4-15(14)20(23)27/h5-6,11-12,14-15H,1-4,7-10H2,(H2,21,25)/t14-,15+. The number of carbonyl (C=O) groups is 3. The lowest BCUT2D eigenvalue weighted by atomic mass is 9.81. The first kappa shape index (κ1) is 19.4. The predicted molar refractivity (Wildman–Crippen MR) is 105 cm³/mol. The van der Waals surface area contributed by atoms with Crippen LogP contribution >= 0.6 is 0 Å². The molecule has 4 rings (SSSR count). The molecule has 0 radical (unpaired) electrons. The molecule has 1 aliphatic carbocycles. The maximum atomic E-state index is 12.8. The number of carbonyl (C=O) groups excluding carboxylic acids is 3. The van der Waals surface area contributed by atoms with Crippen LogP contribution in [0.3, 0.4) is 0 Å². The topological polar surface area (TPSA) is 127 Å². The number of amides is 3. The molecule has 2 atom stereocenters. The zero-order valence-electron chi connectivity index (χ0n) is 16.1. The monoisotopic (exact) mass is 400 g/mol. The van der Waals surface area contributed by atoms with Gasteiger partial charge in [-0.05, 0) is 37.8 Å². The number of anilines is 2. The van der Waals surface area contributed by atoms with E-state index in [4.69, 9.17) is 5.73 Å². The van der Waals surface area contributed by atoms with Crippen LogP contribution in [-0.4, -0.2) is 35.7 Å². The summed E-state index contributed by atoms with van der Waals surface area (Å²) in [6.07, 6.45) is 4.32. The lowest BCUT2D eigenvalue weighted by molar-refractivity contribution is -0.384. The van der Waals surface area contributed by atoms with Crippen molar-refractivity contribution >= 4 is 34.8 Å². The van der Waals surface area contributed by atoms with E-state index < -0.39 is 4.92 Å². The molecule has 29 heavy (non-hydrogen) atoms. The van der Waals surface area contributed by atoms with Gasteiger partial charge in [0.15, 0.2) is 0 Å². The summed E-state index contributed by atoms with van der Waals surface area (Å²) in [5, 5.41) is 11.7. The smallest absolute Gasteiger partial charge is 0.294 e. The second-order valence-corrected chi connectivity index (χ2v) is 8.10. The summed E-state index contributed by atoms with van der Waals surface area (Å²) in [5.41, 5.74) is 5.91. The van der Waals surface area contributed by atoms with Crippen LogP contribution in [0.2, 0.25) is 0 Å². The van der Waals surface area contributed by atoms with Crippen molar-refractivity contribution in [1.29, 1.82) is 0 Å². The molecule has 0 aromatic heterocycles. The molecule has 0 unspecified atom stereocenters. The van der Waals surface area contributed by atoms with Crippen LogP contribution in [0.1, 0.15) is 38.5 Å². The van der Waals surface area contributed by atoms with Gasteiger partial charge >= 0.3 is 0 Å². The number of benzene rings is 1. The molecule has 154 valence electrons. The largest absolute Gasteiger partial charge is 0.369 e.